The van der Waals surface area contributed by atoms with Crippen LogP contribution in [0.2, 0.25) is 0 Å². The normalized spacial score (nSPS) is 11.5. The Hall–Kier alpha value is -2.37. The van der Waals surface area contributed by atoms with Gasteiger partial charge >= 0.3 is 5.97 Å². The zero-order chi connectivity index (χ0) is 16.3. The molecule has 2 rings (SSSR count). The molecule has 2 aromatic rings. The van der Waals surface area contributed by atoms with Crippen molar-refractivity contribution in [2.75, 3.05) is 12.4 Å². The molecule has 0 radical (unpaired) electrons. The number of carbonyl (C=O) groups is 1. The third kappa shape index (κ3) is 3.63. The van der Waals surface area contributed by atoms with E-state index in [0.29, 0.717) is 17.6 Å². The maximum absolute atomic E-state index is 13.9. The highest BCUT2D eigenvalue weighted by Crippen LogP contribution is 2.30. The van der Waals surface area contributed by atoms with Crippen molar-refractivity contribution in [3.63, 3.8) is 0 Å². The van der Waals surface area contributed by atoms with Gasteiger partial charge in [-0.1, -0.05) is 0 Å². The fourth-order valence-corrected chi connectivity index (χ4v) is 2.23. The summed E-state index contributed by atoms with van der Waals surface area (Å²) in [6, 6.07) is 4.76. The summed E-state index contributed by atoms with van der Waals surface area (Å²) in [5, 5.41) is 13.4. The van der Waals surface area contributed by atoms with Crippen LogP contribution in [0.4, 0.5) is 10.2 Å². The molecular weight excluding hydrogens is 287 g/mol. The van der Waals surface area contributed by atoms with Crippen molar-refractivity contribution < 1.29 is 19.0 Å². The Labute approximate surface area is 128 Å². The van der Waals surface area contributed by atoms with E-state index in [1.165, 1.54) is 13.2 Å². The number of nitrogens with zero attached hydrogens (tertiary/aromatic N) is 1. The van der Waals surface area contributed by atoms with E-state index >= 15 is 0 Å². The lowest BCUT2D eigenvalue weighted by Gasteiger charge is -2.27. The predicted molar refractivity (Wildman–Crippen MR) is 82.8 cm³/mol. The van der Waals surface area contributed by atoms with Crippen molar-refractivity contribution in [1.29, 1.82) is 0 Å². The maximum Gasteiger partial charge on any atom is 0.303 e. The van der Waals surface area contributed by atoms with E-state index in [1.54, 1.807) is 18.3 Å². The number of aliphatic carboxylic acids is 1. The Morgan fingerprint density at radius 2 is 2.18 bits per heavy atom. The lowest BCUT2D eigenvalue weighted by molar-refractivity contribution is -0.137. The standard InChI is InChI=1S/C16H19FN2O3/c1-16(2,6-4-14(20)21)19-15-11-9-12(17)13(22-3)8-10(11)5-7-18-15/h5,7-9H,4,6H2,1-3H3,(H,18,19)(H,20,21). The Morgan fingerprint density at radius 3 is 2.82 bits per heavy atom. The minimum Gasteiger partial charge on any atom is -0.494 e. The third-order valence-electron chi connectivity index (χ3n) is 3.46. The highest BCUT2D eigenvalue weighted by molar-refractivity contribution is 5.93. The number of pyridine rings is 1. The van der Waals surface area contributed by atoms with Crippen LogP contribution < -0.4 is 10.1 Å². The van der Waals surface area contributed by atoms with Gasteiger partial charge in [0.25, 0.3) is 0 Å². The zero-order valence-corrected chi connectivity index (χ0v) is 12.8. The largest absolute Gasteiger partial charge is 0.494 e. The van der Waals surface area contributed by atoms with Crippen molar-refractivity contribution >= 4 is 22.6 Å². The molecule has 1 aromatic heterocycles. The number of hydrogen-bond acceptors (Lipinski definition) is 4. The van der Waals surface area contributed by atoms with Gasteiger partial charge in [0.15, 0.2) is 11.6 Å². The number of anilines is 1. The number of carboxylic acid groups (broad SMARTS) is 1. The second-order valence-electron chi connectivity index (χ2n) is 5.77. The number of ether oxygens (including phenoxy) is 1. The molecule has 0 saturated carbocycles. The highest BCUT2D eigenvalue weighted by atomic mass is 19.1. The van der Waals surface area contributed by atoms with E-state index in [4.69, 9.17) is 9.84 Å². The SMILES string of the molecule is COc1cc2ccnc(NC(C)(C)CCC(=O)O)c2cc1F. The second-order valence-corrected chi connectivity index (χ2v) is 5.77. The lowest BCUT2D eigenvalue weighted by atomic mass is 9.98. The smallest absolute Gasteiger partial charge is 0.303 e. The molecule has 118 valence electrons. The van der Waals surface area contributed by atoms with Gasteiger partial charge in [0, 0.05) is 23.5 Å². The number of carboxylic acids is 1. The van der Waals surface area contributed by atoms with Crippen LogP contribution in [0.15, 0.2) is 24.4 Å². The number of benzene rings is 1. The molecule has 0 bridgehead atoms. The van der Waals surface area contributed by atoms with Gasteiger partial charge in [-0.15, -0.1) is 0 Å². The van der Waals surface area contributed by atoms with Crippen LogP contribution in [0, 0.1) is 5.82 Å². The first kappa shape index (κ1) is 16.0. The Balaban J connectivity index is 2.35. The highest BCUT2D eigenvalue weighted by Gasteiger charge is 2.21. The van der Waals surface area contributed by atoms with Crippen molar-refractivity contribution in [3.05, 3.63) is 30.2 Å². The molecule has 1 aromatic carbocycles. The van der Waals surface area contributed by atoms with Gasteiger partial charge in [0.1, 0.15) is 5.82 Å². The first-order valence-electron chi connectivity index (χ1n) is 6.94. The molecule has 0 aliphatic heterocycles. The summed E-state index contributed by atoms with van der Waals surface area (Å²) in [5.74, 6) is -0.616. The van der Waals surface area contributed by atoms with Crippen molar-refractivity contribution in [2.45, 2.75) is 32.2 Å². The quantitative estimate of drug-likeness (QED) is 0.855. The Morgan fingerprint density at radius 1 is 1.45 bits per heavy atom. The van der Waals surface area contributed by atoms with Crippen molar-refractivity contribution in [1.82, 2.24) is 4.98 Å². The average molecular weight is 306 g/mol. The van der Waals surface area contributed by atoms with Crippen LogP contribution >= 0.6 is 0 Å². The van der Waals surface area contributed by atoms with Gasteiger partial charge in [-0.25, -0.2) is 9.37 Å². The van der Waals surface area contributed by atoms with Crippen molar-refractivity contribution in [3.8, 4) is 5.75 Å². The lowest BCUT2D eigenvalue weighted by Crippen LogP contribution is -2.32. The van der Waals surface area contributed by atoms with E-state index in [1.807, 2.05) is 13.8 Å². The zero-order valence-electron chi connectivity index (χ0n) is 12.8. The number of halogens is 1. The van der Waals surface area contributed by atoms with E-state index in [0.717, 1.165) is 5.39 Å². The van der Waals surface area contributed by atoms with Crippen LogP contribution in [0.25, 0.3) is 10.8 Å². The fraction of sp³-hybridized carbons (Fsp3) is 0.375. The van der Waals surface area contributed by atoms with Crippen LogP contribution in [0.3, 0.4) is 0 Å². The van der Waals surface area contributed by atoms with Crippen molar-refractivity contribution in [2.24, 2.45) is 0 Å². The molecule has 1 heterocycles. The minimum atomic E-state index is -0.850. The summed E-state index contributed by atoms with van der Waals surface area (Å²) in [6.07, 6.45) is 2.10. The number of rotatable bonds is 6. The number of aromatic nitrogens is 1. The molecule has 22 heavy (non-hydrogen) atoms. The summed E-state index contributed by atoms with van der Waals surface area (Å²) in [5.41, 5.74) is -0.476. The molecule has 0 spiro atoms. The molecule has 0 saturated heterocycles. The van der Waals surface area contributed by atoms with Crippen LogP contribution in [0.5, 0.6) is 5.75 Å². The van der Waals surface area contributed by atoms with E-state index in [9.17, 15) is 9.18 Å². The summed E-state index contributed by atoms with van der Waals surface area (Å²) < 4.78 is 18.9. The summed E-state index contributed by atoms with van der Waals surface area (Å²) in [4.78, 5) is 15.0. The number of fused-ring (bicyclic) bond motifs is 1. The molecule has 0 amide bonds. The van der Waals surface area contributed by atoms with E-state index in [2.05, 4.69) is 10.3 Å². The van der Waals surface area contributed by atoms with Crippen LogP contribution in [-0.4, -0.2) is 28.7 Å². The summed E-state index contributed by atoms with van der Waals surface area (Å²) >= 11 is 0. The molecule has 0 atom stereocenters. The van der Waals surface area contributed by atoms with E-state index < -0.39 is 17.3 Å². The van der Waals surface area contributed by atoms with Gasteiger partial charge in [0.2, 0.25) is 0 Å². The average Bonchev–Trinajstić information content (AvgIpc) is 2.45. The summed E-state index contributed by atoms with van der Waals surface area (Å²) in [7, 11) is 1.42. The monoisotopic (exact) mass is 306 g/mol. The Kier molecular flexibility index (Phi) is 4.49. The minimum absolute atomic E-state index is 0.0486. The topological polar surface area (TPSA) is 71.5 Å². The van der Waals surface area contributed by atoms with Gasteiger partial charge < -0.3 is 15.2 Å². The molecule has 2 N–H and O–H groups in total. The first-order chi connectivity index (χ1) is 10.3. The van der Waals surface area contributed by atoms with Gasteiger partial charge in [0.05, 0.1) is 7.11 Å². The fourth-order valence-electron chi connectivity index (χ4n) is 2.23. The number of hydrogen-bond donors (Lipinski definition) is 2. The third-order valence-corrected chi connectivity index (χ3v) is 3.46. The molecular formula is C16H19FN2O3. The van der Waals surface area contributed by atoms with Gasteiger partial charge in [-0.2, -0.15) is 0 Å². The summed E-state index contributed by atoms with van der Waals surface area (Å²) in [6.45, 7) is 3.77. The first-order valence-corrected chi connectivity index (χ1v) is 6.94. The van der Waals surface area contributed by atoms with Crippen LogP contribution in [-0.2, 0) is 4.79 Å². The molecule has 0 unspecified atom stereocenters. The number of nitrogens with one attached hydrogen (secondary N) is 1. The van der Waals surface area contributed by atoms with Crippen LogP contribution in [0.1, 0.15) is 26.7 Å². The predicted octanol–water partition coefficient (Wildman–Crippen LogP) is 3.44. The van der Waals surface area contributed by atoms with E-state index in [-0.39, 0.29) is 12.2 Å². The molecule has 0 aliphatic carbocycles. The van der Waals surface area contributed by atoms with Gasteiger partial charge in [-0.05, 0) is 43.9 Å². The second kappa shape index (κ2) is 6.17. The van der Waals surface area contributed by atoms with Gasteiger partial charge in [-0.3, -0.25) is 4.79 Å². The number of methoxy groups -OCH3 is 1. The maximum atomic E-state index is 13.9. The molecule has 6 heteroatoms. The molecule has 0 aliphatic rings. The molecule has 5 nitrogen and oxygen atoms in total. The molecule has 0 fully saturated rings. The Bertz CT molecular complexity index is 701.